The summed E-state index contributed by atoms with van der Waals surface area (Å²) in [6.45, 7) is 0.498. The van der Waals surface area contributed by atoms with Gasteiger partial charge in [-0.05, 0) is 12.0 Å². The van der Waals surface area contributed by atoms with Crippen molar-refractivity contribution in [2.75, 3.05) is 32.8 Å². The number of carbonyl (C=O) groups excluding carboxylic acids is 2. The highest BCUT2D eigenvalue weighted by Crippen LogP contribution is 2.35. The van der Waals surface area contributed by atoms with Gasteiger partial charge >= 0.3 is 12.3 Å². The summed E-state index contributed by atoms with van der Waals surface area (Å²) in [6, 6.07) is 7.11. The SMILES string of the molecule is O=C(CO[C@H](c1ccccc1)C(F)(F)F)NCCN1CCCOC1=O. The van der Waals surface area contributed by atoms with Crippen LogP contribution in [0.2, 0.25) is 0 Å². The van der Waals surface area contributed by atoms with Gasteiger partial charge in [0.1, 0.15) is 6.61 Å². The van der Waals surface area contributed by atoms with Gasteiger partial charge in [-0.3, -0.25) is 4.79 Å². The molecule has 25 heavy (non-hydrogen) atoms. The number of ether oxygens (including phenoxy) is 2. The summed E-state index contributed by atoms with van der Waals surface area (Å²) in [5, 5.41) is 2.43. The first-order valence-corrected chi connectivity index (χ1v) is 7.79. The Kier molecular flexibility index (Phi) is 6.63. The molecule has 0 aromatic heterocycles. The summed E-state index contributed by atoms with van der Waals surface area (Å²) in [4.78, 5) is 24.5. The van der Waals surface area contributed by atoms with Crippen molar-refractivity contribution in [2.24, 2.45) is 0 Å². The Labute approximate surface area is 142 Å². The molecule has 1 aliphatic heterocycles. The first kappa shape index (κ1) is 19.0. The van der Waals surface area contributed by atoms with Gasteiger partial charge in [0.05, 0.1) is 6.61 Å². The fraction of sp³-hybridized carbons (Fsp3) is 0.500. The number of carbonyl (C=O) groups is 2. The molecular formula is C16H19F3N2O4. The molecule has 0 saturated carbocycles. The van der Waals surface area contributed by atoms with Crippen LogP contribution >= 0.6 is 0 Å². The number of cyclic esters (lactones) is 1. The minimum Gasteiger partial charge on any atom is -0.449 e. The zero-order valence-electron chi connectivity index (χ0n) is 13.4. The van der Waals surface area contributed by atoms with Gasteiger partial charge in [0, 0.05) is 19.6 Å². The van der Waals surface area contributed by atoms with Crippen molar-refractivity contribution >= 4 is 12.0 Å². The Bertz CT molecular complexity index is 580. The summed E-state index contributed by atoms with van der Waals surface area (Å²) in [6.07, 6.45) is -6.55. The van der Waals surface area contributed by atoms with Gasteiger partial charge in [-0.1, -0.05) is 30.3 Å². The summed E-state index contributed by atoms with van der Waals surface area (Å²) in [5.74, 6) is -0.685. The van der Waals surface area contributed by atoms with Crippen LogP contribution in [-0.2, 0) is 14.3 Å². The van der Waals surface area contributed by atoms with Crippen molar-refractivity contribution in [3.05, 3.63) is 35.9 Å². The van der Waals surface area contributed by atoms with Gasteiger partial charge in [-0.25, -0.2) is 4.79 Å². The van der Waals surface area contributed by atoms with Gasteiger partial charge in [-0.2, -0.15) is 13.2 Å². The standard InChI is InChI=1S/C16H19F3N2O4/c17-16(18,19)14(12-5-2-1-3-6-12)25-11-13(22)20-7-9-21-8-4-10-24-15(21)23/h1-3,5-6,14H,4,7-11H2,(H,20,22)/t14-/m1/s1. The quantitative estimate of drug-likeness (QED) is 0.810. The van der Waals surface area contributed by atoms with Crippen molar-refractivity contribution in [2.45, 2.75) is 18.7 Å². The van der Waals surface area contributed by atoms with E-state index >= 15 is 0 Å². The molecule has 9 heteroatoms. The van der Waals surface area contributed by atoms with Crippen LogP contribution in [0.15, 0.2) is 30.3 Å². The van der Waals surface area contributed by atoms with Gasteiger partial charge in [0.15, 0.2) is 6.10 Å². The highest BCUT2D eigenvalue weighted by atomic mass is 19.4. The van der Waals surface area contributed by atoms with Crippen LogP contribution in [0.25, 0.3) is 0 Å². The van der Waals surface area contributed by atoms with Crippen molar-refractivity contribution < 1.29 is 32.2 Å². The van der Waals surface area contributed by atoms with Gasteiger partial charge < -0.3 is 19.7 Å². The maximum atomic E-state index is 13.1. The number of amides is 2. The van der Waals surface area contributed by atoms with E-state index in [2.05, 4.69) is 5.32 Å². The van der Waals surface area contributed by atoms with Gasteiger partial charge in [-0.15, -0.1) is 0 Å². The van der Waals surface area contributed by atoms with Gasteiger partial charge in [0.25, 0.3) is 0 Å². The van der Waals surface area contributed by atoms with E-state index in [-0.39, 0.29) is 18.7 Å². The average molecular weight is 360 g/mol. The fourth-order valence-electron chi connectivity index (χ4n) is 2.35. The van der Waals surface area contributed by atoms with E-state index in [1.54, 1.807) is 6.07 Å². The number of hydrogen-bond donors (Lipinski definition) is 1. The third-order valence-corrected chi connectivity index (χ3v) is 3.54. The van der Waals surface area contributed by atoms with Crippen LogP contribution < -0.4 is 5.32 Å². The molecule has 138 valence electrons. The van der Waals surface area contributed by atoms with E-state index in [1.165, 1.54) is 29.2 Å². The Morgan fingerprint density at radius 1 is 1.32 bits per heavy atom. The molecule has 0 aliphatic carbocycles. The van der Waals surface area contributed by atoms with Crippen LogP contribution in [0.5, 0.6) is 0 Å². The molecule has 1 heterocycles. The molecule has 1 aliphatic rings. The first-order chi connectivity index (χ1) is 11.9. The predicted molar refractivity (Wildman–Crippen MR) is 81.7 cm³/mol. The molecule has 0 radical (unpaired) electrons. The lowest BCUT2D eigenvalue weighted by atomic mass is 10.1. The molecule has 1 aromatic carbocycles. The van der Waals surface area contributed by atoms with E-state index in [1.807, 2.05) is 0 Å². The lowest BCUT2D eigenvalue weighted by Crippen LogP contribution is -2.43. The lowest BCUT2D eigenvalue weighted by Gasteiger charge is -2.26. The number of nitrogens with zero attached hydrogens (tertiary/aromatic N) is 1. The van der Waals surface area contributed by atoms with E-state index < -0.39 is 30.9 Å². The molecule has 6 nitrogen and oxygen atoms in total. The third-order valence-electron chi connectivity index (χ3n) is 3.54. The minimum atomic E-state index is -4.63. The number of rotatable bonds is 7. The van der Waals surface area contributed by atoms with E-state index in [0.29, 0.717) is 19.6 Å². The molecule has 1 fully saturated rings. The third kappa shape index (κ3) is 5.93. The molecule has 0 unspecified atom stereocenters. The summed E-state index contributed by atoms with van der Waals surface area (Å²) >= 11 is 0. The molecule has 1 aromatic rings. The number of alkyl halides is 3. The zero-order chi connectivity index (χ0) is 18.3. The van der Waals surface area contributed by atoms with Crippen molar-refractivity contribution in [3.8, 4) is 0 Å². The largest absolute Gasteiger partial charge is 0.449 e. The highest BCUT2D eigenvalue weighted by Gasteiger charge is 2.42. The molecule has 1 atom stereocenters. The zero-order valence-corrected chi connectivity index (χ0v) is 13.4. The monoisotopic (exact) mass is 360 g/mol. The van der Waals surface area contributed by atoms with Crippen LogP contribution in [0, 0.1) is 0 Å². The number of hydrogen-bond acceptors (Lipinski definition) is 4. The average Bonchev–Trinajstić information content (AvgIpc) is 2.56. The second-order valence-electron chi connectivity index (χ2n) is 5.45. The number of halogens is 3. The van der Waals surface area contributed by atoms with Crippen LogP contribution in [0.4, 0.5) is 18.0 Å². The maximum Gasteiger partial charge on any atom is 0.418 e. The van der Waals surface area contributed by atoms with Crippen molar-refractivity contribution in [1.82, 2.24) is 10.2 Å². The highest BCUT2D eigenvalue weighted by molar-refractivity contribution is 5.77. The molecule has 2 rings (SSSR count). The van der Waals surface area contributed by atoms with Crippen molar-refractivity contribution in [1.29, 1.82) is 0 Å². The predicted octanol–water partition coefficient (Wildman–Crippen LogP) is 2.27. The van der Waals surface area contributed by atoms with Crippen LogP contribution in [0.3, 0.4) is 0 Å². The first-order valence-electron chi connectivity index (χ1n) is 7.79. The minimum absolute atomic E-state index is 0.0705. The number of benzene rings is 1. The summed E-state index contributed by atoms with van der Waals surface area (Å²) in [7, 11) is 0. The van der Waals surface area contributed by atoms with Crippen molar-refractivity contribution in [3.63, 3.8) is 0 Å². The van der Waals surface area contributed by atoms with E-state index in [4.69, 9.17) is 9.47 Å². The van der Waals surface area contributed by atoms with Crippen LogP contribution in [0.1, 0.15) is 18.1 Å². The second kappa shape index (κ2) is 8.70. The lowest BCUT2D eigenvalue weighted by molar-refractivity contribution is -0.223. The van der Waals surface area contributed by atoms with Crippen LogP contribution in [-0.4, -0.2) is 55.9 Å². The molecule has 2 amide bonds. The molecular weight excluding hydrogens is 341 g/mol. The molecule has 0 bridgehead atoms. The smallest absolute Gasteiger partial charge is 0.418 e. The molecule has 1 saturated heterocycles. The Balaban J connectivity index is 1.78. The maximum absolute atomic E-state index is 13.1. The summed E-state index contributed by atoms with van der Waals surface area (Å²) in [5.41, 5.74) is -0.0705. The topological polar surface area (TPSA) is 67.9 Å². The van der Waals surface area contributed by atoms with E-state index in [0.717, 1.165) is 0 Å². The van der Waals surface area contributed by atoms with E-state index in [9.17, 15) is 22.8 Å². The normalized spacial score (nSPS) is 16.3. The fourth-order valence-corrected chi connectivity index (χ4v) is 2.35. The Hall–Kier alpha value is -2.29. The number of nitrogens with one attached hydrogen (secondary N) is 1. The Morgan fingerprint density at radius 3 is 2.68 bits per heavy atom. The Morgan fingerprint density at radius 2 is 2.04 bits per heavy atom. The summed E-state index contributed by atoms with van der Waals surface area (Å²) < 4.78 is 48.9. The molecule has 0 spiro atoms. The molecule has 1 N–H and O–H groups in total. The van der Waals surface area contributed by atoms with Gasteiger partial charge in [0.2, 0.25) is 5.91 Å². The second-order valence-corrected chi connectivity index (χ2v) is 5.45.